The van der Waals surface area contributed by atoms with Crippen molar-refractivity contribution in [3.8, 4) is 11.8 Å². The molecule has 2 fully saturated rings. The highest BCUT2D eigenvalue weighted by Gasteiger charge is 2.67. The van der Waals surface area contributed by atoms with Gasteiger partial charge in [0.15, 0.2) is 28.3 Å². The average molecular weight is 760 g/mol. The van der Waals surface area contributed by atoms with Gasteiger partial charge in [-0.25, -0.2) is 4.52 Å². The molecule has 14 nitrogen and oxygen atoms in total. The molecule has 4 aliphatic carbocycles. The van der Waals surface area contributed by atoms with Crippen LogP contribution in [0.3, 0.4) is 0 Å². The lowest BCUT2D eigenvalue weighted by molar-refractivity contribution is -0.779. The van der Waals surface area contributed by atoms with Gasteiger partial charge in [-0.2, -0.15) is 0 Å². The standard InChI is InChI=1S/C42H39N4O10/c47-29-15-7-14-27-33(44-16-8-17-44)36-32(38(50)41(27,29)51)40(54-23-25-12-5-2-6-13-25)46(56-36)26-20-28-34(45-18-9-19-45)35-31(37(49)42(28,52)30(48)21-26)39(43-55-35)53-22-24-10-3-1-4-11-24/h1-7,10-13,15,21,27-28,33-34,51-52H,8-9,14,16-20,22-23H2/q+1/t27?,28?,33-,34-,41-,42+/m0/s1. The Labute approximate surface area is 320 Å². The Morgan fingerprint density at radius 2 is 1.34 bits per heavy atom. The Kier molecular flexibility index (Phi) is 8.12. The number of hydrogen-bond acceptors (Lipinski definition) is 13. The number of hydrogen-bond donors (Lipinski definition) is 2. The van der Waals surface area contributed by atoms with Gasteiger partial charge in [0.25, 0.3) is 5.88 Å². The number of aromatic nitrogens is 2. The first kappa shape index (κ1) is 34.9. The average Bonchev–Trinajstić information content (AvgIpc) is 3.77. The van der Waals surface area contributed by atoms with Crippen LogP contribution in [0.25, 0.3) is 5.70 Å². The van der Waals surface area contributed by atoms with Crippen LogP contribution in [-0.2, 0) is 22.8 Å². The molecule has 6 atom stereocenters. The van der Waals surface area contributed by atoms with Crippen molar-refractivity contribution in [3.63, 3.8) is 0 Å². The van der Waals surface area contributed by atoms with Gasteiger partial charge in [0.2, 0.25) is 28.8 Å². The van der Waals surface area contributed by atoms with Crippen LogP contribution in [0.1, 0.15) is 81.1 Å². The highest BCUT2D eigenvalue weighted by atomic mass is 16.6. The van der Waals surface area contributed by atoms with Crippen LogP contribution in [0, 0.1) is 11.8 Å². The van der Waals surface area contributed by atoms with Crippen LogP contribution in [0.2, 0.25) is 0 Å². The largest absolute Gasteiger partial charge is 0.470 e. The third kappa shape index (κ3) is 5.02. The molecule has 0 saturated carbocycles. The van der Waals surface area contributed by atoms with E-state index in [4.69, 9.17) is 18.5 Å². The van der Waals surface area contributed by atoms with Crippen molar-refractivity contribution in [2.45, 2.75) is 62.2 Å². The second-order valence-corrected chi connectivity index (χ2v) is 15.5. The second kappa shape index (κ2) is 13.0. The molecular formula is C42H39N4O10+. The highest BCUT2D eigenvalue weighted by Crippen LogP contribution is 2.54. The number of nitrogens with zero attached hydrogens (tertiary/aromatic N) is 4. The van der Waals surface area contributed by atoms with Crippen molar-refractivity contribution in [2.24, 2.45) is 11.8 Å². The van der Waals surface area contributed by atoms with Crippen LogP contribution in [0.4, 0.5) is 0 Å². The first-order chi connectivity index (χ1) is 27.2. The van der Waals surface area contributed by atoms with E-state index in [1.165, 1.54) is 10.8 Å². The molecule has 4 aromatic rings. The number of carbonyl (C=O) groups excluding carboxylic acids is 4. The van der Waals surface area contributed by atoms with E-state index in [9.17, 15) is 29.4 Å². The van der Waals surface area contributed by atoms with E-state index in [-0.39, 0.29) is 66.2 Å². The normalized spacial score (nSPS) is 29.7. The zero-order chi connectivity index (χ0) is 38.3. The fourth-order valence-corrected chi connectivity index (χ4v) is 9.27. The van der Waals surface area contributed by atoms with Gasteiger partial charge >= 0.3 is 5.88 Å². The van der Waals surface area contributed by atoms with Crippen molar-refractivity contribution in [3.05, 3.63) is 113 Å². The topological polar surface area (TPSA) is 177 Å². The van der Waals surface area contributed by atoms with E-state index in [0.29, 0.717) is 26.2 Å². The van der Waals surface area contributed by atoms with Gasteiger partial charge in [0.1, 0.15) is 18.8 Å². The summed E-state index contributed by atoms with van der Waals surface area (Å²) in [6.07, 6.45) is 6.02. The van der Waals surface area contributed by atoms with E-state index in [2.05, 4.69) is 10.1 Å². The van der Waals surface area contributed by atoms with Crippen molar-refractivity contribution < 1.29 is 52.7 Å². The van der Waals surface area contributed by atoms with Gasteiger partial charge in [-0.05, 0) is 41.6 Å². The molecule has 2 aromatic heterocycles. The molecular weight excluding hydrogens is 720 g/mol. The Morgan fingerprint density at radius 3 is 1.96 bits per heavy atom. The van der Waals surface area contributed by atoms with Gasteiger partial charge in [-0.3, -0.25) is 29.0 Å². The van der Waals surface area contributed by atoms with E-state index >= 15 is 0 Å². The van der Waals surface area contributed by atoms with Crippen molar-refractivity contribution in [1.29, 1.82) is 0 Å². The summed E-state index contributed by atoms with van der Waals surface area (Å²) in [6.45, 7) is 2.65. The summed E-state index contributed by atoms with van der Waals surface area (Å²) in [5.41, 5.74) is -3.17. The second-order valence-electron chi connectivity index (χ2n) is 15.5. The Bertz CT molecular complexity index is 2340. The maximum Gasteiger partial charge on any atom is 0.433 e. The molecule has 0 amide bonds. The van der Waals surface area contributed by atoms with Crippen LogP contribution < -0.4 is 14.2 Å². The minimum Gasteiger partial charge on any atom is -0.470 e. The molecule has 2 unspecified atom stereocenters. The number of benzene rings is 2. The number of Topliss-reactive ketones (excluding diaryl/α,β-unsaturated/α-hetero) is 2. The summed E-state index contributed by atoms with van der Waals surface area (Å²) < 4.78 is 26.2. The minimum absolute atomic E-state index is 0.0131. The number of rotatable bonds is 9. The lowest BCUT2D eigenvalue weighted by atomic mass is 9.64. The maximum atomic E-state index is 14.6. The van der Waals surface area contributed by atoms with E-state index in [1.807, 2.05) is 65.6 Å². The maximum absolute atomic E-state index is 14.6. The number of fused-ring (bicyclic) bond motifs is 4. The SMILES string of the molecule is O=C1C=C([n+]2oc3c(c2OCc2ccccc2)C(=O)[C@@]2(O)C(=O)C=CCC2[C@@H]3N2CCC2)CC2[C@H](N3CCC3)c3onc(OCc4ccccc4)c3C(=O)[C@]12O. The molecule has 0 radical (unpaired) electrons. The quantitative estimate of drug-likeness (QED) is 0.188. The molecule has 0 spiro atoms. The zero-order valence-corrected chi connectivity index (χ0v) is 30.3. The molecule has 10 rings (SSSR count). The van der Waals surface area contributed by atoms with E-state index in [0.717, 1.165) is 30.0 Å². The fourth-order valence-electron chi connectivity index (χ4n) is 9.27. The van der Waals surface area contributed by atoms with Crippen LogP contribution in [0.15, 0.2) is 87.9 Å². The smallest absolute Gasteiger partial charge is 0.433 e. The minimum atomic E-state index is -2.50. The third-order valence-corrected chi connectivity index (χ3v) is 12.4. The summed E-state index contributed by atoms with van der Waals surface area (Å²) in [5.74, 6) is -4.92. The first-order valence-electron chi connectivity index (χ1n) is 19.1. The van der Waals surface area contributed by atoms with Crippen molar-refractivity contribution >= 4 is 28.8 Å². The lowest BCUT2D eigenvalue weighted by Gasteiger charge is -2.48. The molecule has 286 valence electrons. The number of carbonyl (C=O) groups is 4. The summed E-state index contributed by atoms with van der Waals surface area (Å²) in [5, 5.41) is 28.6. The van der Waals surface area contributed by atoms with Gasteiger partial charge in [-0.1, -0.05) is 66.7 Å². The monoisotopic (exact) mass is 759 g/mol. The summed E-state index contributed by atoms with van der Waals surface area (Å²) in [6, 6.07) is 17.2. The Hall–Kier alpha value is -5.54. The van der Waals surface area contributed by atoms with Crippen LogP contribution >= 0.6 is 0 Å². The fraction of sp³-hybridized carbons (Fsp3) is 0.381. The Morgan fingerprint density at radius 1 is 0.750 bits per heavy atom. The zero-order valence-electron chi connectivity index (χ0n) is 30.3. The summed E-state index contributed by atoms with van der Waals surface area (Å²) in [7, 11) is 0. The van der Waals surface area contributed by atoms with E-state index < -0.39 is 58.3 Å². The predicted molar refractivity (Wildman–Crippen MR) is 193 cm³/mol. The lowest BCUT2D eigenvalue weighted by Crippen LogP contribution is -2.63. The number of ether oxygens (including phenoxy) is 2. The molecule has 56 heavy (non-hydrogen) atoms. The van der Waals surface area contributed by atoms with Crippen molar-refractivity contribution in [1.82, 2.24) is 15.0 Å². The molecule has 2 N–H and O–H groups in total. The summed E-state index contributed by atoms with van der Waals surface area (Å²) >= 11 is 0. The van der Waals surface area contributed by atoms with E-state index in [1.54, 1.807) is 6.08 Å². The van der Waals surface area contributed by atoms with Crippen LogP contribution in [0.5, 0.6) is 11.8 Å². The molecule has 2 aromatic carbocycles. The molecule has 14 heteroatoms. The van der Waals surface area contributed by atoms with Crippen molar-refractivity contribution in [2.75, 3.05) is 26.2 Å². The molecule has 2 saturated heterocycles. The van der Waals surface area contributed by atoms with Gasteiger partial charge in [-0.15, -0.1) is 0 Å². The molecule has 4 heterocycles. The number of allylic oxidation sites excluding steroid dienone is 2. The third-order valence-electron chi connectivity index (χ3n) is 12.4. The molecule has 6 aliphatic rings. The highest BCUT2D eigenvalue weighted by molar-refractivity contribution is 6.24. The van der Waals surface area contributed by atoms with Gasteiger partial charge in [0.05, 0.1) is 22.9 Å². The molecule has 0 bridgehead atoms. The van der Waals surface area contributed by atoms with Gasteiger partial charge < -0.3 is 24.2 Å². The van der Waals surface area contributed by atoms with Crippen LogP contribution in [-0.4, -0.2) is 85.7 Å². The predicted octanol–water partition coefficient (Wildman–Crippen LogP) is 3.34. The first-order valence-corrected chi connectivity index (χ1v) is 19.1. The number of aliphatic hydroxyl groups is 2. The van der Waals surface area contributed by atoms with Gasteiger partial charge in [0, 0.05) is 44.4 Å². The Balaban J connectivity index is 1.09. The summed E-state index contributed by atoms with van der Waals surface area (Å²) in [4.78, 5) is 61.0. The number of likely N-dealkylation sites (tertiary alicyclic amines) is 2. The molecule has 2 aliphatic heterocycles. The number of ketones is 4.